The second kappa shape index (κ2) is 3.84. The van der Waals surface area contributed by atoms with Gasteiger partial charge in [-0.05, 0) is 25.2 Å². The SMILES string of the molecule is COc1ncc(C2CCC(Cl)C2)s1. The molecule has 0 amide bonds. The van der Waals surface area contributed by atoms with Gasteiger partial charge in [-0.1, -0.05) is 11.3 Å². The Kier molecular flexibility index (Phi) is 2.74. The highest BCUT2D eigenvalue weighted by molar-refractivity contribution is 7.13. The Morgan fingerprint density at radius 3 is 3.00 bits per heavy atom. The van der Waals surface area contributed by atoms with E-state index in [0.717, 1.165) is 18.0 Å². The number of hydrogen-bond donors (Lipinski definition) is 0. The highest BCUT2D eigenvalue weighted by atomic mass is 35.5. The summed E-state index contributed by atoms with van der Waals surface area (Å²) in [6.45, 7) is 0. The fourth-order valence-corrected chi connectivity index (χ4v) is 2.96. The van der Waals surface area contributed by atoms with Gasteiger partial charge in [0, 0.05) is 16.5 Å². The normalized spacial score (nSPS) is 27.8. The second-order valence-corrected chi connectivity index (χ2v) is 4.98. The maximum absolute atomic E-state index is 6.05. The monoisotopic (exact) mass is 217 g/mol. The average Bonchev–Trinajstić information content (AvgIpc) is 2.71. The van der Waals surface area contributed by atoms with Gasteiger partial charge in [0.2, 0.25) is 0 Å². The van der Waals surface area contributed by atoms with Gasteiger partial charge in [-0.3, -0.25) is 0 Å². The predicted octanol–water partition coefficient (Wildman–Crippen LogP) is 3.03. The highest BCUT2D eigenvalue weighted by Crippen LogP contribution is 2.40. The van der Waals surface area contributed by atoms with Crippen molar-refractivity contribution in [3.63, 3.8) is 0 Å². The van der Waals surface area contributed by atoms with E-state index in [-0.39, 0.29) is 0 Å². The van der Waals surface area contributed by atoms with E-state index in [0.29, 0.717) is 11.3 Å². The molecule has 0 radical (unpaired) electrons. The van der Waals surface area contributed by atoms with Crippen LogP contribution in [0.15, 0.2) is 6.20 Å². The van der Waals surface area contributed by atoms with Gasteiger partial charge in [-0.2, -0.15) is 0 Å². The summed E-state index contributed by atoms with van der Waals surface area (Å²) in [6.07, 6.45) is 5.34. The number of ether oxygens (including phenoxy) is 1. The smallest absolute Gasteiger partial charge is 0.273 e. The first-order chi connectivity index (χ1) is 6.29. The topological polar surface area (TPSA) is 22.1 Å². The Bertz CT molecular complexity index is 289. The standard InChI is InChI=1S/C9H12ClNOS/c1-12-9-11-5-8(13-9)6-2-3-7(10)4-6/h5-7H,2-4H2,1H3. The number of methoxy groups -OCH3 is 1. The van der Waals surface area contributed by atoms with Gasteiger partial charge in [0.15, 0.2) is 0 Å². The van der Waals surface area contributed by atoms with Crippen molar-refractivity contribution in [1.82, 2.24) is 4.98 Å². The lowest BCUT2D eigenvalue weighted by Crippen LogP contribution is -1.90. The van der Waals surface area contributed by atoms with E-state index in [2.05, 4.69) is 4.98 Å². The summed E-state index contributed by atoms with van der Waals surface area (Å²) in [5.74, 6) is 0.615. The van der Waals surface area contributed by atoms with Crippen LogP contribution in [0.3, 0.4) is 0 Å². The molecule has 0 saturated heterocycles. The molecule has 2 nitrogen and oxygen atoms in total. The third-order valence-corrected chi connectivity index (χ3v) is 3.97. The molecule has 1 fully saturated rings. The largest absolute Gasteiger partial charge is 0.473 e. The molecule has 0 aliphatic heterocycles. The number of rotatable bonds is 2. The molecule has 1 aliphatic rings. The molecule has 72 valence electrons. The highest BCUT2D eigenvalue weighted by Gasteiger charge is 2.25. The minimum absolute atomic E-state index is 0.359. The van der Waals surface area contributed by atoms with Gasteiger partial charge in [0.05, 0.1) is 7.11 Å². The molecular formula is C9H12ClNOS. The summed E-state index contributed by atoms with van der Waals surface area (Å²) in [6, 6.07) is 0. The summed E-state index contributed by atoms with van der Waals surface area (Å²) >= 11 is 7.69. The van der Waals surface area contributed by atoms with E-state index in [1.807, 2.05) is 6.20 Å². The maximum atomic E-state index is 6.05. The predicted molar refractivity (Wildman–Crippen MR) is 54.9 cm³/mol. The van der Waals surface area contributed by atoms with Gasteiger partial charge in [0.25, 0.3) is 5.19 Å². The first-order valence-corrected chi connectivity index (χ1v) is 5.68. The molecule has 1 saturated carbocycles. The minimum atomic E-state index is 0.359. The summed E-state index contributed by atoms with van der Waals surface area (Å²) in [5, 5.41) is 1.12. The van der Waals surface area contributed by atoms with E-state index in [9.17, 15) is 0 Å². The molecule has 1 aromatic heterocycles. The molecule has 13 heavy (non-hydrogen) atoms. The molecule has 0 bridgehead atoms. The fraction of sp³-hybridized carbons (Fsp3) is 0.667. The quantitative estimate of drug-likeness (QED) is 0.711. The first-order valence-electron chi connectivity index (χ1n) is 4.43. The average molecular weight is 218 g/mol. The molecule has 0 spiro atoms. The van der Waals surface area contributed by atoms with Crippen molar-refractivity contribution in [1.29, 1.82) is 0 Å². The van der Waals surface area contributed by atoms with Gasteiger partial charge in [-0.15, -0.1) is 11.6 Å². The Morgan fingerprint density at radius 2 is 2.46 bits per heavy atom. The molecule has 1 aromatic rings. The zero-order valence-electron chi connectivity index (χ0n) is 7.50. The molecule has 1 heterocycles. The van der Waals surface area contributed by atoms with Crippen molar-refractivity contribution < 1.29 is 4.74 Å². The van der Waals surface area contributed by atoms with Gasteiger partial charge in [0.1, 0.15) is 0 Å². The Labute approximate surface area is 86.9 Å². The van der Waals surface area contributed by atoms with Gasteiger partial charge >= 0.3 is 0 Å². The van der Waals surface area contributed by atoms with Gasteiger partial charge in [-0.25, -0.2) is 4.98 Å². The zero-order valence-corrected chi connectivity index (χ0v) is 9.07. The van der Waals surface area contributed by atoms with Crippen LogP contribution in [0.5, 0.6) is 5.19 Å². The van der Waals surface area contributed by atoms with E-state index >= 15 is 0 Å². The molecule has 0 aromatic carbocycles. The Hall–Kier alpha value is -0.280. The lowest BCUT2D eigenvalue weighted by atomic mass is 10.1. The van der Waals surface area contributed by atoms with Crippen LogP contribution in [0.4, 0.5) is 0 Å². The third-order valence-electron chi connectivity index (χ3n) is 2.45. The maximum Gasteiger partial charge on any atom is 0.273 e. The van der Waals surface area contributed by atoms with Crippen LogP contribution in [0.1, 0.15) is 30.1 Å². The van der Waals surface area contributed by atoms with E-state index < -0.39 is 0 Å². The Morgan fingerprint density at radius 1 is 1.62 bits per heavy atom. The molecular weight excluding hydrogens is 206 g/mol. The number of nitrogens with zero attached hydrogens (tertiary/aromatic N) is 1. The van der Waals surface area contributed by atoms with E-state index in [1.165, 1.54) is 11.3 Å². The number of halogens is 1. The van der Waals surface area contributed by atoms with Crippen molar-refractivity contribution in [2.24, 2.45) is 0 Å². The zero-order chi connectivity index (χ0) is 9.26. The molecule has 0 N–H and O–H groups in total. The second-order valence-electron chi connectivity index (χ2n) is 3.34. The van der Waals surface area contributed by atoms with Crippen molar-refractivity contribution in [3.8, 4) is 5.19 Å². The first kappa shape index (κ1) is 9.28. The fourth-order valence-electron chi connectivity index (χ4n) is 1.74. The van der Waals surface area contributed by atoms with Crippen LogP contribution < -0.4 is 4.74 Å². The summed E-state index contributed by atoms with van der Waals surface area (Å²) in [7, 11) is 1.65. The van der Waals surface area contributed by atoms with Crippen molar-refractivity contribution in [2.75, 3.05) is 7.11 Å². The van der Waals surface area contributed by atoms with Crippen LogP contribution in [0.2, 0.25) is 0 Å². The van der Waals surface area contributed by atoms with Crippen LogP contribution in [0, 0.1) is 0 Å². The number of aromatic nitrogens is 1. The number of hydrogen-bond acceptors (Lipinski definition) is 3. The number of thiazole rings is 1. The van der Waals surface area contributed by atoms with Crippen LogP contribution in [-0.2, 0) is 0 Å². The Balaban J connectivity index is 2.08. The van der Waals surface area contributed by atoms with Crippen LogP contribution in [-0.4, -0.2) is 17.5 Å². The lowest BCUT2D eigenvalue weighted by Gasteiger charge is -2.03. The molecule has 1 aliphatic carbocycles. The van der Waals surface area contributed by atoms with Gasteiger partial charge < -0.3 is 4.74 Å². The van der Waals surface area contributed by atoms with Crippen molar-refractivity contribution >= 4 is 22.9 Å². The van der Waals surface area contributed by atoms with E-state index in [4.69, 9.17) is 16.3 Å². The molecule has 2 rings (SSSR count). The molecule has 2 unspecified atom stereocenters. The molecule has 2 atom stereocenters. The van der Waals surface area contributed by atoms with Crippen molar-refractivity contribution in [2.45, 2.75) is 30.6 Å². The van der Waals surface area contributed by atoms with Crippen LogP contribution >= 0.6 is 22.9 Å². The number of alkyl halides is 1. The summed E-state index contributed by atoms with van der Waals surface area (Å²) < 4.78 is 5.06. The minimum Gasteiger partial charge on any atom is -0.473 e. The summed E-state index contributed by atoms with van der Waals surface area (Å²) in [4.78, 5) is 5.48. The lowest BCUT2D eigenvalue weighted by molar-refractivity contribution is 0.412. The summed E-state index contributed by atoms with van der Waals surface area (Å²) in [5.41, 5.74) is 0. The molecule has 4 heteroatoms. The third kappa shape index (κ3) is 1.97. The van der Waals surface area contributed by atoms with E-state index in [1.54, 1.807) is 18.4 Å². The van der Waals surface area contributed by atoms with Crippen molar-refractivity contribution in [3.05, 3.63) is 11.1 Å². The van der Waals surface area contributed by atoms with Crippen LogP contribution in [0.25, 0.3) is 0 Å².